The smallest absolute Gasteiger partial charge is 0.127 e. The van der Waals surface area contributed by atoms with E-state index in [0.717, 1.165) is 31.2 Å². The van der Waals surface area contributed by atoms with Gasteiger partial charge in [-0.1, -0.05) is 26.7 Å². The van der Waals surface area contributed by atoms with Crippen LogP contribution in [0.1, 0.15) is 65.2 Å². The lowest BCUT2D eigenvalue weighted by molar-refractivity contribution is -0.119. The summed E-state index contributed by atoms with van der Waals surface area (Å²) in [4.78, 5) is 14.2. The molecule has 1 saturated heterocycles. The van der Waals surface area contributed by atoms with E-state index in [1.54, 1.807) is 0 Å². The van der Waals surface area contributed by atoms with Crippen molar-refractivity contribution in [2.45, 2.75) is 65.2 Å². The van der Waals surface area contributed by atoms with Gasteiger partial charge in [0.2, 0.25) is 0 Å². The molecule has 1 aliphatic heterocycles. The summed E-state index contributed by atoms with van der Waals surface area (Å²) >= 11 is 0. The van der Waals surface area contributed by atoms with Gasteiger partial charge in [-0.3, -0.25) is 0 Å². The number of likely N-dealkylation sites (tertiary alicyclic amines) is 1. The summed E-state index contributed by atoms with van der Waals surface area (Å²) in [5.74, 6) is 1.77. The fraction of sp³-hybridized carbons (Fsp3) is 0.941. The van der Waals surface area contributed by atoms with Crippen molar-refractivity contribution in [3.8, 4) is 0 Å². The van der Waals surface area contributed by atoms with Gasteiger partial charge in [-0.25, -0.2) is 0 Å². The van der Waals surface area contributed by atoms with Crippen molar-refractivity contribution in [2.75, 3.05) is 19.6 Å². The lowest BCUT2D eigenvalue weighted by Gasteiger charge is -2.41. The van der Waals surface area contributed by atoms with Crippen LogP contribution in [0.2, 0.25) is 0 Å². The summed E-state index contributed by atoms with van der Waals surface area (Å²) < 4.78 is 0. The Morgan fingerprint density at radius 2 is 1.79 bits per heavy atom. The van der Waals surface area contributed by atoms with Gasteiger partial charge < -0.3 is 9.69 Å². The number of carbonyl (C=O) groups excluding carboxylic acids is 1. The monoisotopic (exact) mass is 265 g/mol. The maximum Gasteiger partial charge on any atom is 0.127 e. The first-order valence-electron chi connectivity index (χ1n) is 8.36. The normalized spacial score (nSPS) is 34.3. The average molecular weight is 265 g/mol. The van der Waals surface area contributed by atoms with Gasteiger partial charge in [-0.05, 0) is 63.5 Å². The second-order valence-corrected chi connectivity index (χ2v) is 7.17. The molecule has 2 nitrogen and oxygen atoms in total. The Balaban J connectivity index is 1.81. The Morgan fingerprint density at radius 1 is 1.16 bits per heavy atom. The molecule has 0 aromatic rings. The second kappa shape index (κ2) is 6.88. The summed E-state index contributed by atoms with van der Waals surface area (Å²) in [7, 11) is 0. The minimum atomic E-state index is -0.00982. The molecule has 0 aromatic heterocycles. The molecule has 1 aliphatic carbocycles. The van der Waals surface area contributed by atoms with Gasteiger partial charge in [0.15, 0.2) is 0 Å². The van der Waals surface area contributed by atoms with Crippen molar-refractivity contribution in [1.82, 2.24) is 4.90 Å². The minimum Gasteiger partial charge on any atom is -0.303 e. The molecule has 0 spiro atoms. The van der Waals surface area contributed by atoms with Crippen molar-refractivity contribution < 1.29 is 4.79 Å². The molecular weight excluding hydrogens is 234 g/mol. The van der Waals surface area contributed by atoms with Gasteiger partial charge >= 0.3 is 0 Å². The predicted molar refractivity (Wildman–Crippen MR) is 80.2 cm³/mol. The zero-order chi connectivity index (χ0) is 13.7. The Morgan fingerprint density at radius 3 is 2.32 bits per heavy atom. The number of nitrogens with zero attached hydrogens (tertiary/aromatic N) is 1. The zero-order valence-electron chi connectivity index (χ0n) is 12.9. The van der Waals surface area contributed by atoms with Crippen LogP contribution in [-0.4, -0.2) is 30.8 Å². The van der Waals surface area contributed by atoms with Crippen LogP contribution in [-0.2, 0) is 4.79 Å². The van der Waals surface area contributed by atoms with Crippen molar-refractivity contribution in [3.05, 3.63) is 0 Å². The standard InChI is InChI=1S/C17H31NO/c1-3-4-16-7-11-18(12-8-16)13-17(14-19)9-5-15(2)6-10-17/h14-16H,3-13H2,1-2H3. The van der Waals surface area contributed by atoms with Gasteiger partial charge in [0.1, 0.15) is 6.29 Å². The molecule has 2 aliphatic rings. The van der Waals surface area contributed by atoms with E-state index in [-0.39, 0.29) is 5.41 Å². The molecular formula is C17H31NO. The Bertz CT molecular complexity index is 273. The highest BCUT2D eigenvalue weighted by Crippen LogP contribution is 2.38. The van der Waals surface area contributed by atoms with Gasteiger partial charge in [-0.2, -0.15) is 0 Å². The molecule has 0 N–H and O–H groups in total. The van der Waals surface area contributed by atoms with Gasteiger partial charge in [0, 0.05) is 12.0 Å². The average Bonchev–Trinajstić information content (AvgIpc) is 2.44. The first-order chi connectivity index (χ1) is 9.17. The molecule has 0 unspecified atom stereocenters. The van der Waals surface area contributed by atoms with E-state index in [9.17, 15) is 4.79 Å². The quantitative estimate of drug-likeness (QED) is 0.703. The van der Waals surface area contributed by atoms with Gasteiger partial charge in [0.25, 0.3) is 0 Å². The largest absolute Gasteiger partial charge is 0.303 e. The number of hydrogen-bond donors (Lipinski definition) is 0. The maximum atomic E-state index is 11.6. The third-order valence-corrected chi connectivity index (χ3v) is 5.46. The lowest BCUT2D eigenvalue weighted by Crippen LogP contribution is -2.44. The fourth-order valence-electron chi connectivity index (χ4n) is 3.94. The SMILES string of the molecule is CCCC1CCN(CC2(C=O)CCC(C)CC2)CC1. The van der Waals surface area contributed by atoms with Crippen LogP contribution < -0.4 is 0 Å². The van der Waals surface area contributed by atoms with Crippen LogP contribution in [0.5, 0.6) is 0 Å². The molecule has 0 aromatic carbocycles. The Hall–Kier alpha value is -0.370. The summed E-state index contributed by atoms with van der Waals surface area (Å²) in [5.41, 5.74) is -0.00982. The van der Waals surface area contributed by atoms with E-state index in [2.05, 4.69) is 18.7 Å². The van der Waals surface area contributed by atoms with E-state index in [1.807, 2.05) is 0 Å². The number of hydrogen-bond acceptors (Lipinski definition) is 2. The topological polar surface area (TPSA) is 20.3 Å². The fourth-order valence-corrected chi connectivity index (χ4v) is 3.94. The summed E-state index contributed by atoms with van der Waals surface area (Å²) in [6, 6.07) is 0. The van der Waals surface area contributed by atoms with Crippen molar-refractivity contribution in [3.63, 3.8) is 0 Å². The van der Waals surface area contributed by atoms with Crippen molar-refractivity contribution >= 4 is 6.29 Å². The first kappa shape index (κ1) is 15.0. The Labute approximate surface area is 118 Å². The third kappa shape index (κ3) is 4.05. The summed E-state index contributed by atoms with van der Waals surface area (Å²) in [5, 5.41) is 0. The maximum absolute atomic E-state index is 11.6. The molecule has 2 fully saturated rings. The lowest BCUT2D eigenvalue weighted by atomic mass is 9.71. The number of piperidine rings is 1. The highest BCUT2D eigenvalue weighted by molar-refractivity contribution is 5.60. The van der Waals surface area contributed by atoms with E-state index in [1.165, 1.54) is 57.9 Å². The van der Waals surface area contributed by atoms with Crippen LogP contribution in [0, 0.1) is 17.3 Å². The van der Waals surface area contributed by atoms with E-state index >= 15 is 0 Å². The third-order valence-electron chi connectivity index (χ3n) is 5.46. The summed E-state index contributed by atoms with van der Waals surface area (Å²) in [6.07, 6.45) is 11.4. The van der Waals surface area contributed by atoms with Gasteiger partial charge in [0.05, 0.1) is 0 Å². The molecule has 2 heteroatoms. The highest BCUT2D eigenvalue weighted by Gasteiger charge is 2.36. The van der Waals surface area contributed by atoms with Crippen molar-refractivity contribution in [2.24, 2.45) is 17.3 Å². The predicted octanol–water partition coefficient (Wildman–Crippen LogP) is 3.89. The highest BCUT2D eigenvalue weighted by atomic mass is 16.1. The molecule has 19 heavy (non-hydrogen) atoms. The van der Waals surface area contributed by atoms with Crippen LogP contribution in [0.4, 0.5) is 0 Å². The molecule has 1 heterocycles. The zero-order valence-corrected chi connectivity index (χ0v) is 12.9. The van der Waals surface area contributed by atoms with E-state index < -0.39 is 0 Å². The molecule has 0 radical (unpaired) electrons. The first-order valence-corrected chi connectivity index (χ1v) is 8.36. The van der Waals surface area contributed by atoms with E-state index in [4.69, 9.17) is 0 Å². The Kier molecular flexibility index (Phi) is 5.44. The number of carbonyl (C=O) groups is 1. The van der Waals surface area contributed by atoms with E-state index in [0.29, 0.717) is 0 Å². The number of aldehydes is 1. The van der Waals surface area contributed by atoms with Gasteiger partial charge in [-0.15, -0.1) is 0 Å². The molecule has 2 rings (SSSR count). The summed E-state index contributed by atoms with van der Waals surface area (Å²) in [6.45, 7) is 8.08. The van der Waals surface area contributed by atoms with Crippen molar-refractivity contribution in [1.29, 1.82) is 0 Å². The molecule has 0 amide bonds. The van der Waals surface area contributed by atoms with Crippen LogP contribution in [0.25, 0.3) is 0 Å². The molecule has 110 valence electrons. The van der Waals surface area contributed by atoms with Crippen LogP contribution in [0.15, 0.2) is 0 Å². The molecule has 1 saturated carbocycles. The number of rotatable bonds is 5. The second-order valence-electron chi connectivity index (χ2n) is 7.17. The minimum absolute atomic E-state index is 0.00982. The molecule has 0 bridgehead atoms. The van der Waals surface area contributed by atoms with Crippen LogP contribution in [0.3, 0.4) is 0 Å². The van der Waals surface area contributed by atoms with Crippen LogP contribution >= 0.6 is 0 Å². The molecule has 0 atom stereocenters.